The average Bonchev–Trinajstić information content (AvgIpc) is 2.73. The van der Waals surface area contributed by atoms with Gasteiger partial charge in [0.25, 0.3) is 0 Å². The largest absolute Gasteiger partial charge is 0.494 e. The molecule has 0 bridgehead atoms. The van der Waals surface area contributed by atoms with E-state index in [1.54, 1.807) is 22.9 Å². The third-order valence-electron chi connectivity index (χ3n) is 3.05. The Morgan fingerprint density at radius 1 is 1.35 bits per heavy atom. The highest BCUT2D eigenvalue weighted by molar-refractivity contribution is 5.39. The lowest BCUT2D eigenvalue weighted by atomic mass is 9.91. The van der Waals surface area contributed by atoms with Gasteiger partial charge in [0, 0.05) is 11.0 Å². The zero-order chi connectivity index (χ0) is 14.9. The highest BCUT2D eigenvalue weighted by Gasteiger charge is 2.24. The van der Waals surface area contributed by atoms with Crippen molar-refractivity contribution in [3.8, 4) is 5.75 Å². The second kappa shape index (κ2) is 5.11. The van der Waals surface area contributed by atoms with Crippen molar-refractivity contribution in [2.24, 2.45) is 0 Å². The maximum absolute atomic E-state index is 14.2. The molecule has 2 aromatic rings. The van der Waals surface area contributed by atoms with Crippen molar-refractivity contribution in [3.05, 3.63) is 35.3 Å². The predicted molar refractivity (Wildman–Crippen MR) is 75.2 cm³/mol. The molecule has 20 heavy (non-hydrogen) atoms. The minimum absolute atomic E-state index is 0.216. The standard InChI is InChI=1S/C14H19FN4O/c1-14(2,3)12-13(16)17-18-19(12)8-9-6-5-7-10(20-4)11(9)15/h5-7H,8,16H2,1-4H3. The second-order valence-corrected chi connectivity index (χ2v) is 5.66. The van der Waals surface area contributed by atoms with Gasteiger partial charge in [0.2, 0.25) is 0 Å². The van der Waals surface area contributed by atoms with Gasteiger partial charge in [-0.15, -0.1) is 5.10 Å². The van der Waals surface area contributed by atoms with Crippen LogP contribution in [0.4, 0.5) is 10.2 Å². The number of hydrogen-bond donors (Lipinski definition) is 1. The summed E-state index contributed by atoms with van der Waals surface area (Å²) in [6, 6.07) is 5.02. The lowest BCUT2D eigenvalue weighted by molar-refractivity contribution is 0.382. The van der Waals surface area contributed by atoms with E-state index >= 15 is 0 Å². The van der Waals surface area contributed by atoms with E-state index in [9.17, 15) is 4.39 Å². The summed E-state index contributed by atoms with van der Waals surface area (Å²) in [7, 11) is 1.44. The molecule has 1 heterocycles. The summed E-state index contributed by atoms with van der Waals surface area (Å²) in [6.45, 7) is 6.31. The van der Waals surface area contributed by atoms with Crippen molar-refractivity contribution < 1.29 is 9.13 Å². The molecule has 0 radical (unpaired) electrons. The van der Waals surface area contributed by atoms with Gasteiger partial charge < -0.3 is 10.5 Å². The molecule has 0 aliphatic heterocycles. The molecule has 5 nitrogen and oxygen atoms in total. The lowest BCUT2D eigenvalue weighted by Gasteiger charge is -2.20. The topological polar surface area (TPSA) is 66.0 Å². The lowest BCUT2D eigenvalue weighted by Crippen LogP contribution is -2.20. The SMILES string of the molecule is COc1cccc(Cn2nnc(N)c2C(C)(C)C)c1F. The van der Waals surface area contributed by atoms with Crippen molar-refractivity contribution in [1.82, 2.24) is 15.0 Å². The summed E-state index contributed by atoms with van der Waals surface area (Å²) in [5.41, 5.74) is 6.92. The second-order valence-electron chi connectivity index (χ2n) is 5.66. The fraction of sp³-hybridized carbons (Fsp3) is 0.429. The zero-order valence-corrected chi connectivity index (χ0v) is 12.1. The van der Waals surface area contributed by atoms with Crippen LogP contribution in [-0.4, -0.2) is 22.1 Å². The van der Waals surface area contributed by atoms with Gasteiger partial charge in [-0.1, -0.05) is 38.1 Å². The Balaban J connectivity index is 2.41. The Hall–Kier alpha value is -2.11. The Labute approximate surface area is 117 Å². The van der Waals surface area contributed by atoms with E-state index in [1.165, 1.54) is 7.11 Å². The normalized spacial score (nSPS) is 11.7. The van der Waals surface area contributed by atoms with Crippen LogP contribution in [-0.2, 0) is 12.0 Å². The molecule has 0 atom stereocenters. The van der Waals surface area contributed by atoms with Crippen molar-refractivity contribution in [2.45, 2.75) is 32.7 Å². The molecule has 1 aromatic carbocycles. The van der Waals surface area contributed by atoms with E-state index in [2.05, 4.69) is 10.3 Å². The van der Waals surface area contributed by atoms with Crippen LogP contribution >= 0.6 is 0 Å². The van der Waals surface area contributed by atoms with Crippen molar-refractivity contribution in [3.63, 3.8) is 0 Å². The summed E-state index contributed by atoms with van der Waals surface area (Å²) >= 11 is 0. The van der Waals surface area contributed by atoms with Crippen LogP contribution in [0.3, 0.4) is 0 Å². The van der Waals surface area contributed by atoms with Crippen LogP contribution in [0.2, 0.25) is 0 Å². The van der Waals surface area contributed by atoms with Crippen LogP contribution in [0.5, 0.6) is 5.75 Å². The number of nitrogen functional groups attached to an aromatic ring is 1. The summed E-state index contributed by atoms with van der Waals surface area (Å²) in [6.07, 6.45) is 0. The van der Waals surface area contributed by atoms with Crippen LogP contribution in [0, 0.1) is 5.82 Å². The number of anilines is 1. The van der Waals surface area contributed by atoms with Crippen LogP contribution in [0.25, 0.3) is 0 Å². The number of hydrogen-bond acceptors (Lipinski definition) is 4. The predicted octanol–water partition coefficient (Wildman–Crippen LogP) is 2.35. The number of ether oxygens (including phenoxy) is 1. The number of nitrogens with zero attached hydrogens (tertiary/aromatic N) is 3. The van der Waals surface area contributed by atoms with Crippen LogP contribution < -0.4 is 10.5 Å². The summed E-state index contributed by atoms with van der Waals surface area (Å²) in [5, 5.41) is 7.90. The molecule has 0 saturated carbocycles. The number of methoxy groups -OCH3 is 1. The Bertz CT molecular complexity index is 616. The zero-order valence-electron chi connectivity index (χ0n) is 12.1. The summed E-state index contributed by atoms with van der Waals surface area (Å²) in [4.78, 5) is 0. The first-order valence-corrected chi connectivity index (χ1v) is 6.35. The Morgan fingerprint density at radius 3 is 2.65 bits per heavy atom. The number of benzene rings is 1. The maximum atomic E-state index is 14.2. The molecule has 0 aliphatic carbocycles. The Kier molecular flexibility index (Phi) is 3.65. The molecule has 0 unspecified atom stereocenters. The molecule has 0 fully saturated rings. The quantitative estimate of drug-likeness (QED) is 0.936. The smallest absolute Gasteiger partial charge is 0.170 e. The molecule has 0 amide bonds. The van der Waals surface area contributed by atoms with Gasteiger partial charge in [-0.2, -0.15) is 0 Å². The first kappa shape index (κ1) is 14.3. The molecule has 6 heteroatoms. The minimum Gasteiger partial charge on any atom is -0.494 e. The fourth-order valence-corrected chi connectivity index (χ4v) is 2.21. The molecule has 0 aliphatic rings. The third kappa shape index (κ3) is 2.59. The van der Waals surface area contributed by atoms with Crippen LogP contribution in [0.1, 0.15) is 32.0 Å². The van der Waals surface area contributed by atoms with Gasteiger partial charge in [0.05, 0.1) is 19.3 Å². The van der Waals surface area contributed by atoms with E-state index in [0.717, 1.165) is 5.69 Å². The number of rotatable bonds is 3. The summed E-state index contributed by atoms with van der Waals surface area (Å²) in [5.74, 6) is 0.206. The average molecular weight is 278 g/mol. The van der Waals surface area contributed by atoms with Gasteiger partial charge in [0.15, 0.2) is 17.4 Å². The fourth-order valence-electron chi connectivity index (χ4n) is 2.21. The number of aromatic nitrogens is 3. The molecular formula is C14H19FN4O. The number of nitrogens with two attached hydrogens (primary N) is 1. The van der Waals surface area contributed by atoms with Crippen LogP contribution in [0.15, 0.2) is 18.2 Å². The maximum Gasteiger partial charge on any atom is 0.170 e. The molecule has 108 valence electrons. The highest BCUT2D eigenvalue weighted by atomic mass is 19.1. The molecule has 0 spiro atoms. The summed E-state index contributed by atoms with van der Waals surface area (Å²) < 4.78 is 20.8. The van der Waals surface area contributed by atoms with Gasteiger partial charge in [0.1, 0.15) is 0 Å². The highest BCUT2D eigenvalue weighted by Crippen LogP contribution is 2.27. The van der Waals surface area contributed by atoms with Gasteiger partial charge in [-0.3, -0.25) is 0 Å². The third-order valence-corrected chi connectivity index (χ3v) is 3.05. The van der Waals surface area contributed by atoms with E-state index in [0.29, 0.717) is 11.4 Å². The van der Waals surface area contributed by atoms with Gasteiger partial charge in [-0.05, 0) is 6.07 Å². The molecule has 2 rings (SSSR count). The van der Waals surface area contributed by atoms with Crippen molar-refractivity contribution in [2.75, 3.05) is 12.8 Å². The number of halogens is 1. The Morgan fingerprint density at radius 2 is 2.05 bits per heavy atom. The monoisotopic (exact) mass is 278 g/mol. The first-order valence-electron chi connectivity index (χ1n) is 6.35. The van der Waals surface area contributed by atoms with Gasteiger partial charge in [-0.25, -0.2) is 9.07 Å². The molecule has 0 saturated heterocycles. The van der Waals surface area contributed by atoms with Crippen molar-refractivity contribution >= 4 is 5.82 Å². The first-order chi connectivity index (χ1) is 9.34. The minimum atomic E-state index is -0.385. The molecule has 2 N–H and O–H groups in total. The molecular weight excluding hydrogens is 259 g/mol. The van der Waals surface area contributed by atoms with Crippen molar-refractivity contribution in [1.29, 1.82) is 0 Å². The van der Waals surface area contributed by atoms with E-state index in [-0.39, 0.29) is 23.5 Å². The molecule has 1 aromatic heterocycles. The van der Waals surface area contributed by atoms with E-state index in [1.807, 2.05) is 20.8 Å². The van der Waals surface area contributed by atoms with E-state index in [4.69, 9.17) is 10.5 Å². The van der Waals surface area contributed by atoms with E-state index < -0.39 is 0 Å². The van der Waals surface area contributed by atoms with Gasteiger partial charge >= 0.3 is 0 Å².